The van der Waals surface area contributed by atoms with Crippen LogP contribution >= 0.6 is 15.9 Å². The average molecular weight is 437 g/mol. The van der Waals surface area contributed by atoms with E-state index in [1.807, 2.05) is 0 Å². The van der Waals surface area contributed by atoms with Gasteiger partial charge in [0, 0.05) is 26.2 Å². The van der Waals surface area contributed by atoms with E-state index in [9.17, 15) is 9.59 Å². The summed E-state index contributed by atoms with van der Waals surface area (Å²) in [7, 11) is 3.05. The second-order valence-electron chi connectivity index (χ2n) is 6.08. The minimum absolute atomic E-state index is 0.167. The standard InChI is InChI=1S/C19H21BrN2O5/c1-25-13-5-3-6-14(26-2)17(13)19(24)22-10-4-9-21(11-12-22)18(23)15-7-8-16(20)27-15/h3,5-8H,4,9-12H2,1-2H3. The lowest BCUT2D eigenvalue weighted by Crippen LogP contribution is -2.37. The molecule has 1 aromatic carbocycles. The van der Waals surface area contributed by atoms with Crippen LogP contribution in [-0.2, 0) is 0 Å². The number of methoxy groups -OCH3 is 2. The van der Waals surface area contributed by atoms with Crippen molar-refractivity contribution in [3.63, 3.8) is 0 Å². The molecule has 0 radical (unpaired) electrons. The summed E-state index contributed by atoms with van der Waals surface area (Å²) in [5, 5.41) is 0. The number of carbonyl (C=O) groups excluding carboxylic acids is 2. The van der Waals surface area contributed by atoms with Crippen molar-refractivity contribution in [3.05, 3.63) is 46.3 Å². The summed E-state index contributed by atoms with van der Waals surface area (Å²) >= 11 is 3.21. The molecule has 1 fully saturated rings. The van der Waals surface area contributed by atoms with E-state index in [1.165, 1.54) is 14.2 Å². The Kier molecular flexibility index (Phi) is 6.05. The topological polar surface area (TPSA) is 72.2 Å². The third-order valence-electron chi connectivity index (χ3n) is 4.50. The van der Waals surface area contributed by atoms with Crippen molar-refractivity contribution in [2.45, 2.75) is 6.42 Å². The van der Waals surface area contributed by atoms with E-state index in [-0.39, 0.29) is 17.6 Å². The summed E-state index contributed by atoms with van der Waals surface area (Å²) in [5.41, 5.74) is 0.400. The maximum Gasteiger partial charge on any atom is 0.289 e. The fourth-order valence-corrected chi connectivity index (χ4v) is 3.44. The zero-order chi connectivity index (χ0) is 19.4. The van der Waals surface area contributed by atoms with Crippen molar-refractivity contribution >= 4 is 27.7 Å². The Balaban J connectivity index is 1.75. The van der Waals surface area contributed by atoms with Crippen LogP contribution in [0.15, 0.2) is 39.4 Å². The van der Waals surface area contributed by atoms with Gasteiger partial charge in [0.15, 0.2) is 10.4 Å². The molecule has 1 saturated heterocycles. The average Bonchev–Trinajstić information content (AvgIpc) is 2.98. The predicted molar refractivity (Wildman–Crippen MR) is 102 cm³/mol. The van der Waals surface area contributed by atoms with Gasteiger partial charge in [0.05, 0.1) is 14.2 Å². The molecule has 2 aromatic rings. The number of furan rings is 1. The van der Waals surface area contributed by atoms with Crippen LogP contribution < -0.4 is 9.47 Å². The predicted octanol–water partition coefficient (Wildman–Crippen LogP) is 3.05. The molecular weight excluding hydrogens is 416 g/mol. The Morgan fingerprint density at radius 3 is 2.04 bits per heavy atom. The van der Waals surface area contributed by atoms with Crippen LogP contribution in [0.4, 0.5) is 0 Å². The number of hydrogen-bond acceptors (Lipinski definition) is 5. The summed E-state index contributed by atoms with van der Waals surface area (Å²) in [5.74, 6) is 0.881. The van der Waals surface area contributed by atoms with Crippen LogP contribution in [0, 0.1) is 0 Å². The van der Waals surface area contributed by atoms with Crippen LogP contribution in [0.3, 0.4) is 0 Å². The second kappa shape index (κ2) is 8.47. The number of carbonyl (C=O) groups is 2. The van der Waals surface area contributed by atoms with Crippen molar-refractivity contribution in [3.8, 4) is 11.5 Å². The third kappa shape index (κ3) is 4.10. The van der Waals surface area contributed by atoms with Gasteiger partial charge in [0.1, 0.15) is 17.1 Å². The molecule has 3 rings (SSSR count). The Morgan fingerprint density at radius 1 is 0.926 bits per heavy atom. The molecule has 0 N–H and O–H groups in total. The van der Waals surface area contributed by atoms with Crippen molar-refractivity contribution in [2.24, 2.45) is 0 Å². The third-order valence-corrected chi connectivity index (χ3v) is 4.92. The number of rotatable bonds is 4. The van der Waals surface area contributed by atoms with Gasteiger partial charge in [-0.15, -0.1) is 0 Å². The molecule has 0 bridgehead atoms. The number of benzene rings is 1. The minimum Gasteiger partial charge on any atom is -0.496 e. The number of hydrogen-bond donors (Lipinski definition) is 0. The molecule has 0 unspecified atom stereocenters. The first-order valence-corrected chi connectivity index (χ1v) is 9.39. The Bertz CT molecular complexity index is 813. The highest BCUT2D eigenvalue weighted by atomic mass is 79.9. The molecule has 0 atom stereocenters. The van der Waals surface area contributed by atoms with E-state index < -0.39 is 0 Å². The molecule has 2 heterocycles. The highest BCUT2D eigenvalue weighted by molar-refractivity contribution is 9.10. The van der Waals surface area contributed by atoms with E-state index in [0.29, 0.717) is 54.3 Å². The lowest BCUT2D eigenvalue weighted by atomic mass is 10.1. The summed E-state index contributed by atoms with van der Waals surface area (Å²) in [4.78, 5) is 29.1. The van der Waals surface area contributed by atoms with Gasteiger partial charge >= 0.3 is 0 Å². The maximum atomic E-state index is 13.1. The number of amides is 2. The van der Waals surface area contributed by atoms with E-state index in [4.69, 9.17) is 13.9 Å². The normalized spacial score (nSPS) is 14.6. The zero-order valence-electron chi connectivity index (χ0n) is 15.2. The summed E-state index contributed by atoms with van der Waals surface area (Å²) < 4.78 is 16.6. The number of nitrogens with zero attached hydrogens (tertiary/aromatic N) is 2. The summed E-state index contributed by atoms with van der Waals surface area (Å²) in [6, 6.07) is 8.57. The number of halogens is 1. The Labute approximate surface area is 165 Å². The van der Waals surface area contributed by atoms with E-state index in [0.717, 1.165) is 0 Å². The van der Waals surface area contributed by atoms with Crippen LogP contribution in [-0.4, -0.2) is 62.0 Å². The van der Waals surface area contributed by atoms with Crippen LogP contribution in [0.1, 0.15) is 27.3 Å². The van der Waals surface area contributed by atoms with Gasteiger partial charge in [-0.1, -0.05) is 6.07 Å². The first-order chi connectivity index (χ1) is 13.0. The quantitative estimate of drug-likeness (QED) is 0.736. The fourth-order valence-electron chi connectivity index (χ4n) is 3.13. The summed E-state index contributed by atoms with van der Waals surface area (Å²) in [6.07, 6.45) is 0.677. The van der Waals surface area contributed by atoms with Crippen molar-refractivity contribution in [1.29, 1.82) is 0 Å². The largest absolute Gasteiger partial charge is 0.496 e. The molecular formula is C19H21BrN2O5. The van der Waals surface area contributed by atoms with Gasteiger partial charge < -0.3 is 23.7 Å². The van der Waals surface area contributed by atoms with Gasteiger partial charge in [-0.3, -0.25) is 9.59 Å². The molecule has 144 valence electrons. The first kappa shape index (κ1) is 19.3. The van der Waals surface area contributed by atoms with Crippen LogP contribution in [0.2, 0.25) is 0 Å². The lowest BCUT2D eigenvalue weighted by molar-refractivity contribution is 0.0696. The molecule has 0 spiro atoms. The Morgan fingerprint density at radius 2 is 1.52 bits per heavy atom. The molecule has 8 heteroatoms. The Hall–Kier alpha value is -2.48. The zero-order valence-corrected chi connectivity index (χ0v) is 16.8. The SMILES string of the molecule is COc1cccc(OC)c1C(=O)N1CCCN(C(=O)c2ccc(Br)o2)CC1. The maximum absolute atomic E-state index is 13.1. The molecule has 1 aromatic heterocycles. The molecule has 27 heavy (non-hydrogen) atoms. The smallest absolute Gasteiger partial charge is 0.289 e. The van der Waals surface area contributed by atoms with Crippen LogP contribution in [0.5, 0.6) is 11.5 Å². The monoisotopic (exact) mass is 436 g/mol. The first-order valence-electron chi connectivity index (χ1n) is 8.60. The molecule has 0 aliphatic carbocycles. The van der Waals surface area contributed by atoms with Gasteiger partial charge in [0.2, 0.25) is 0 Å². The van der Waals surface area contributed by atoms with Crippen molar-refractivity contribution in [2.75, 3.05) is 40.4 Å². The van der Waals surface area contributed by atoms with E-state index in [1.54, 1.807) is 40.1 Å². The summed E-state index contributed by atoms with van der Waals surface area (Å²) in [6.45, 7) is 1.96. The lowest BCUT2D eigenvalue weighted by Gasteiger charge is -2.23. The highest BCUT2D eigenvalue weighted by Gasteiger charge is 2.28. The van der Waals surface area contributed by atoms with Crippen molar-refractivity contribution < 1.29 is 23.5 Å². The minimum atomic E-state index is -0.176. The molecule has 7 nitrogen and oxygen atoms in total. The van der Waals surface area contributed by atoms with E-state index in [2.05, 4.69) is 15.9 Å². The molecule has 0 saturated carbocycles. The van der Waals surface area contributed by atoms with Gasteiger partial charge in [-0.25, -0.2) is 0 Å². The van der Waals surface area contributed by atoms with Gasteiger partial charge in [-0.05, 0) is 46.6 Å². The van der Waals surface area contributed by atoms with Gasteiger partial charge in [0.25, 0.3) is 11.8 Å². The molecule has 1 aliphatic heterocycles. The van der Waals surface area contributed by atoms with Crippen LogP contribution in [0.25, 0.3) is 0 Å². The van der Waals surface area contributed by atoms with E-state index >= 15 is 0 Å². The van der Waals surface area contributed by atoms with Crippen molar-refractivity contribution in [1.82, 2.24) is 9.80 Å². The molecule has 1 aliphatic rings. The fraction of sp³-hybridized carbons (Fsp3) is 0.368. The van der Waals surface area contributed by atoms with Gasteiger partial charge in [-0.2, -0.15) is 0 Å². The molecule has 2 amide bonds. The highest BCUT2D eigenvalue weighted by Crippen LogP contribution is 2.30. The second-order valence-corrected chi connectivity index (χ2v) is 6.86. The number of ether oxygens (including phenoxy) is 2.